The predicted octanol–water partition coefficient (Wildman–Crippen LogP) is 1.73. The Labute approximate surface area is 171 Å². The first-order valence-electron chi connectivity index (χ1n) is 10.8. The monoisotopic (exact) mass is 398 g/mol. The van der Waals surface area contributed by atoms with Crippen LogP contribution in [0.4, 0.5) is 0 Å². The molecule has 1 atom stereocenters. The molecule has 3 fully saturated rings. The van der Waals surface area contributed by atoms with Gasteiger partial charge in [-0.15, -0.1) is 0 Å². The van der Waals surface area contributed by atoms with Crippen molar-refractivity contribution in [3.05, 3.63) is 30.1 Å². The number of hydrogen-bond acceptors (Lipinski definition) is 4. The second-order valence-corrected chi connectivity index (χ2v) is 8.65. The van der Waals surface area contributed by atoms with E-state index in [-0.39, 0.29) is 23.6 Å². The van der Waals surface area contributed by atoms with E-state index in [0.717, 1.165) is 50.9 Å². The van der Waals surface area contributed by atoms with Crippen LogP contribution in [0.2, 0.25) is 0 Å². The largest absolute Gasteiger partial charge is 0.353 e. The maximum atomic E-state index is 12.9. The van der Waals surface area contributed by atoms with Gasteiger partial charge in [-0.25, -0.2) is 0 Å². The van der Waals surface area contributed by atoms with Crippen molar-refractivity contribution < 1.29 is 14.4 Å². The third-order valence-electron chi connectivity index (χ3n) is 6.29. The van der Waals surface area contributed by atoms with E-state index in [1.807, 2.05) is 23.1 Å². The van der Waals surface area contributed by atoms with Gasteiger partial charge in [0.1, 0.15) is 0 Å². The SMILES string of the molecule is O=C(CCC1CCN(C(=O)[C@H]2CC(=O)N(Cc3ccccn3)C2)CC1)NC1CC1. The van der Waals surface area contributed by atoms with Gasteiger partial charge in [0.25, 0.3) is 0 Å². The first-order valence-corrected chi connectivity index (χ1v) is 10.8. The number of piperidine rings is 1. The van der Waals surface area contributed by atoms with Crippen LogP contribution in [-0.2, 0) is 20.9 Å². The minimum absolute atomic E-state index is 0.0329. The molecule has 1 aliphatic carbocycles. The predicted molar refractivity (Wildman–Crippen MR) is 107 cm³/mol. The number of pyridine rings is 1. The first-order chi connectivity index (χ1) is 14.1. The molecule has 7 nitrogen and oxygen atoms in total. The van der Waals surface area contributed by atoms with Crippen molar-refractivity contribution in [3.63, 3.8) is 0 Å². The van der Waals surface area contributed by atoms with Gasteiger partial charge in [-0.1, -0.05) is 6.07 Å². The van der Waals surface area contributed by atoms with E-state index in [2.05, 4.69) is 10.3 Å². The van der Waals surface area contributed by atoms with Gasteiger partial charge in [-0.2, -0.15) is 0 Å². The van der Waals surface area contributed by atoms with Crippen LogP contribution in [-0.4, -0.2) is 58.2 Å². The average molecular weight is 399 g/mol. The summed E-state index contributed by atoms with van der Waals surface area (Å²) in [6.07, 6.45) is 7.65. The van der Waals surface area contributed by atoms with Crippen molar-refractivity contribution in [3.8, 4) is 0 Å². The molecule has 0 radical (unpaired) electrons. The van der Waals surface area contributed by atoms with E-state index in [0.29, 0.717) is 37.9 Å². The van der Waals surface area contributed by atoms with Crippen molar-refractivity contribution >= 4 is 17.7 Å². The second kappa shape index (κ2) is 8.93. The van der Waals surface area contributed by atoms with Crippen LogP contribution in [0.3, 0.4) is 0 Å². The molecule has 156 valence electrons. The number of rotatable bonds is 7. The molecule has 0 spiro atoms. The summed E-state index contributed by atoms with van der Waals surface area (Å²) in [5, 5.41) is 3.04. The third kappa shape index (κ3) is 5.34. The topological polar surface area (TPSA) is 82.6 Å². The van der Waals surface area contributed by atoms with Crippen LogP contribution in [0, 0.1) is 11.8 Å². The lowest BCUT2D eigenvalue weighted by atomic mass is 9.91. The molecular weight excluding hydrogens is 368 g/mol. The zero-order valence-corrected chi connectivity index (χ0v) is 16.9. The highest BCUT2D eigenvalue weighted by atomic mass is 16.2. The summed E-state index contributed by atoms with van der Waals surface area (Å²) in [5.74, 6) is 0.572. The third-order valence-corrected chi connectivity index (χ3v) is 6.29. The van der Waals surface area contributed by atoms with E-state index < -0.39 is 0 Å². The van der Waals surface area contributed by atoms with E-state index in [4.69, 9.17) is 0 Å². The van der Waals surface area contributed by atoms with Gasteiger partial charge >= 0.3 is 0 Å². The van der Waals surface area contributed by atoms with Crippen LogP contribution < -0.4 is 5.32 Å². The second-order valence-electron chi connectivity index (χ2n) is 8.65. The highest BCUT2D eigenvalue weighted by Gasteiger charge is 2.37. The molecule has 2 aliphatic heterocycles. The number of amides is 3. The number of carbonyl (C=O) groups excluding carboxylic acids is 3. The Morgan fingerprint density at radius 3 is 2.62 bits per heavy atom. The molecule has 2 saturated heterocycles. The lowest BCUT2D eigenvalue weighted by Crippen LogP contribution is -2.42. The number of hydrogen-bond donors (Lipinski definition) is 1. The van der Waals surface area contributed by atoms with Crippen molar-refractivity contribution in [2.75, 3.05) is 19.6 Å². The van der Waals surface area contributed by atoms with Gasteiger partial charge in [0.05, 0.1) is 18.2 Å². The smallest absolute Gasteiger partial charge is 0.227 e. The van der Waals surface area contributed by atoms with Crippen LogP contribution in [0.5, 0.6) is 0 Å². The summed E-state index contributed by atoms with van der Waals surface area (Å²) in [5.41, 5.74) is 0.848. The number of nitrogens with zero attached hydrogens (tertiary/aromatic N) is 3. The fraction of sp³-hybridized carbons (Fsp3) is 0.636. The van der Waals surface area contributed by atoms with Crippen molar-refractivity contribution in [2.24, 2.45) is 11.8 Å². The molecule has 7 heteroatoms. The molecule has 3 heterocycles. The molecule has 0 aromatic carbocycles. The van der Waals surface area contributed by atoms with Crippen LogP contribution in [0.25, 0.3) is 0 Å². The standard InChI is InChI=1S/C22H30N4O3/c27-20(24-18-5-6-18)7-4-16-8-11-25(12-9-16)22(29)17-13-21(28)26(14-17)15-19-3-1-2-10-23-19/h1-3,10,16-18H,4-9,11-15H2,(H,24,27)/t17-/m0/s1. The molecule has 29 heavy (non-hydrogen) atoms. The Kier molecular flexibility index (Phi) is 6.11. The molecule has 0 bridgehead atoms. The maximum absolute atomic E-state index is 12.9. The summed E-state index contributed by atoms with van der Waals surface area (Å²) < 4.78 is 0. The number of aromatic nitrogens is 1. The summed E-state index contributed by atoms with van der Waals surface area (Å²) in [7, 11) is 0. The van der Waals surface area contributed by atoms with Gasteiger partial charge in [0.15, 0.2) is 0 Å². The zero-order valence-electron chi connectivity index (χ0n) is 16.9. The lowest BCUT2D eigenvalue weighted by Gasteiger charge is -2.33. The summed E-state index contributed by atoms with van der Waals surface area (Å²) in [6, 6.07) is 6.09. The zero-order chi connectivity index (χ0) is 20.2. The maximum Gasteiger partial charge on any atom is 0.227 e. The Hall–Kier alpha value is -2.44. The Morgan fingerprint density at radius 1 is 1.14 bits per heavy atom. The minimum atomic E-state index is -0.243. The summed E-state index contributed by atoms with van der Waals surface area (Å²) in [6.45, 7) is 2.42. The van der Waals surface area contributed by atoms with Gasteiger partial charge in [0.2, 0.25) is 17.7 Å². The Bertz CT molecular complexity index is 742. The Balaban J connectivity index is 1.20. The molecule has 1 N–H and O–H groups in total. The average Bonchev–Trinajstić information content (AvgIpc) is 3.48. The fourth-order valence-electron chi connectivity index (χ4n) is 4.34. The highest BCUT2D eigenvalue weighted by Crippen LogP contribution is 2.27. The molecular formula is C22H30N4O3. The van der Waals surface area contributed by atoms with Crippen molar-refractivity contribution in [2.45, 2.75) is 57.5 Å². The van der Waals surface area contributed by atoms with E-state index >= 15 is 0 Å². The van der Waals surface area contributed by atoms with Gasteiger partial charge in [0, 0.05) is 44.7 Å². The molecule has 1 saturated carbocycles. The quantitative estimate of drug-likeness (QED) is 0.758. The molecule has 3 amide bonds. The van der Waals surface area contributed by atoms with Gasteiger partial charge in [-0.3, -0.25) is 19.4 Å². The summed E-state index contributed by atoms with van der Waals surface area (Å²) >= 11 is 0. The van der Waals surface area contributed by atoms with E-state index in [9.17, 15) is 14.4 Å². The van der Waals surface area contributed by atoms with Gasteiger partial charge in [-0.05, 0) is 50.2 Å². The fourth-order valence-corrected chi connectivity index (χ4v) is 4.34. The molecule has 4 rings (SSSR count). The van der Waals surface area contributed by atoms with Crippen molar-refractivity contribution in [1.29, 1.82) is 0 Å². The highest BCUT2D eigenvalue weighted by molar-refractivity contribution is 5.89. The van der Waals surface area contributed by atoms with E-state index in [1.165, 1.54) is 0 Å². The number of nitrogens with one attached hydrogen (secondary N) is 1. The lowest BCUT2D eigenvalue weighted by molar-refractivity contribution is -0.137. The molecule has 3 aliphatic rings. The minimum Gasteiger partial charge on any atom is -0.353 e. The van der Waals surface area contributed by atoms with Crippen LogP contribution in [0.15, 0.2) is 24.4 Å². The Morgan fingerprint density at radius 2 is 1.93 bits per heavy atom. The summed E-state index contributed by atoms with van der Waals surface area (Å²) in [4.78, 5) is 45.1. The number of carbonyl (C=O) groups is 3. The molecule has 1 aromatic heterocycles. The van der Waals surface area contributed by atoms with Crippen LogP contribution >= 0.6 is 0 Å². The normalized spacial score (nSPS) is 22.8. The van der Waals surface area contributed by atoms with Crippen molar-refractivity contribution in [1.82, 2.24) is 20.1 Å². The molecule has 1 aromatic rings. The van der Waals surface area contributed by atoms with E-state index in [1.54, 1.807) is 11.1 Å². The number of likely N-dealkylation sites (tertiary alicyclic amines) is 2. The first kappa shape index (κ1) is 19.9. The van der Waals surface area contributed by atoms with Gasteiger partial charge < -0.3 is 15.1 Å². The molecule has 0 unspecified atom stereocenters. The van der Waals surface area contributed by atoms with Crippen LogP contribution in [0.1, 0.15) is 50.6 Å².